The van der Waals surface area contributed by atoms with Crippen LogP contribution in [0.3, 0.4) is 0 Å². The molecule has 2 N–H and O–H groups in total. The van der Waals surface area contributed by atoms with Crippen LogP contribution in [0.5, 0.6) is 5.75 Å². The molecular formula is C23H23BrN2O6. The van der Waals surface area contributed by atoms with E-state index in [4.69, 9.17) is 14.2 Å². The van der Waals surface area contributed by atoms with Crippen LogP contribution in [-0.2, 0) is 19.1 Å². The van der Waals surface area contributed by atoms with Crippen LogP contribution >= 0.6 is 15.9 Å². The third kappa shape index (κ3) is 5.47. The van der Waals surface area contributed by atoms with Crippen molar-refractivity contribution < 1.29 is 28.6 Å². The molecule has 2 aromatic rings. The number of halogens is 1. The van der Waals surface area contributed by atoms with Crippen molar-refractivity contribution in [2.45, 2.75) is 19.9 Å². The first-order valence-electron chi connectivity index (χ1n) is 10.1. The Hall–Kier alpha value is -3.33. The number of carbonyl (C=O) groups excluding carboxylic acids is 3. The van der Waals surface area contributed by atoms with E-state index in [9.17, 15) is 14.4 Å². The smallest absolute Gasteiger partial charge is 0.344 e. The number of ether oxygens (including phenoxy) is 3. The Bertz CT molecular complexity index is 1040. The van der Waals surface area contributed by atoms with Gasteiger partial charge in [0.2, 0.25) is 0 Å². The van der Waals surface area contributed by atoms with E-state index in [1.54, 1.807) is 56.3 Å². The molecule has 0 aliphatic carbocycles. The van der Waals surface area contributed by atoms with Gasteiger partial charge in [-0.15, -0.1) is 0 Å². The average molecular weight is 503 g/mol. The second-order valence-electron chi connectivity index (χ2n) is 6.68. The fourth-order valence-electron chi connectivity index (χ4n) is 3.27. The fourth-order valence-corrected chi connectivity index (χ4v) is 3.65. The van der Waals surface area contributed by atoms with Crippen LogP contribution in [0.1, 0.15) is 31.0 Å². The summed E-state index contributed by atoms with van der Waals surface area (Å²) >= 11 is 3.42. The molecule has 3 rings (SSSR count). The lowest BCUT2D eigenvalue weighted by Gasteiger charge is -2.30. The minimum Gasteiger partial charge on any atom is -0.482 e. The largest absolute Gasteiger partial charge is 0.482 e. The topological polar surface area (TPSA) is 103 Å². The third-order valence-corrected chi connectivity index (χ3v) is 5.06. The number of hydrogen-bond donors (Lipinski definition) is 2. The zero-order chi connectivity index (χ0) is 23.1. The van der Waals surface area contributed by atoms with Gasteiger partial charge in [-0.25, -0.2) is 14.4 Å². The quantitative estimate of drug-likeness (QED) is 0.533. The maximum absolute atomic E-state index is 13.0. The van der Waals surface area contributed by atoms with Crippen LogP contribution in [0, 0.1) is 0 Å². The van der Waals surface area contributed by atoms with Gasteiger partial charge in [-0.3, -0.25) is 0 Å². The number of carbonyl (C=O) groups is 3. The van der Waals surface area contributed by atoms with Crippen molar-refractivity contribution in [1.29, 1.82) is 0 Å². The van der Waals surface area contributed by atoms with Gasteiger partial charge in [0, 0.05) is 10.0 Å². The van der Waals surface area contributed by atoms with E-state index in [0.29, 0.717) is 27.0 Å². The number of nitrogens with one attached hydrogen (secondary N) is 2. The maximum atomic E-state index is 13.0. The molecule has 1 aliphatic rings. The van der Waals surface area contributed by atoms with Crippen molar-refractivity contribution in [2.24, 2.45) is 0 Å². The second kappa shape index (κ2) is 10.8. The summed E-state index contributed by atoms with van der Waals surface area (Å²) in [5.74, 6) is -0.787. The molecular weight excluding hydrogens is 480 g/mol. The number of urea groups is 1. The van der Waals surface area contributed by atoms with Gasteiger partial charge in [-0.05, 0) is 37.6 Å². The van der Waals surface area contributed by atoms with Crippen molar-refractivity contribution in [2.75, 3.05) is 19.8 Å². The highest BCUT2D eigenvalue weighted by Gasteiger charge is 2.36. The Labute approximate surface area is 194 Å². The number of rotatable bonds is 8. The third-order valence-electron chi connectivity index (χ3n) is 4.56. The molecule has 0 aromatic heterocycles. The Kier molecular flexibility index (Phi) is 7.88. The lowest BCUT2D eigenvalue weighted by Crippen LogP contribution is -2.45. The molecule has 32 heavy (non-hydrogen) atoms. The minimum absolute atomic E-state index is 0.162. The zero-order valence-electron chi connectivity index (χ0n) is 17.6. The molecule has 0 bridgehead atoms. The van der Waals surface area contributed by atoms with Gasteiger partial charge in [0.15, 0.2) is 6.61 Å². The van der Waals surface area contributed by atoms with Gasteiger partial charge < -0.3 is 24.8 Å². The van der Waals surface area contributed by atoms with Crippen molar-refractivity contribution in [3.63, 3.8) is 0 Å². The highest BCUT2D eigenvalue weighted by atomic mass is 79.9. The summed E-state index contributed by atoms with van der Waals surface area (Å²) < 4.78 is 16.6. The highest BCUT2D eigenvalue weighted by Crippen LogP contribution is 2.37. The average Bonchev–Trinajstić information content (AvgIpc) is 2.78. The summed E-state index contributed by atoms with van der Waals surface area (Å²) in [6.45, 7) is 3.49. The van der Waals surface area contributed by atoms with Gasteiger partial charge in [-0.2, -0.15) is 0 Å². The van der Waals surface area contributed by atoms with Crippen LogP contribution in [0.4, 0.5) is 4.79 Å². The summed E-state index contributed by atoms with van der Waals surface area (Å²) in [4.78, 5) is 37.4. The van der Waals surface area contributed by atoms with E-state index >= 15 is 0 Å². The van der Waals surface area contributed by atoms with Gasteiger partial charge in [0.05, 0.1) is 30.5 Å². The van der Waals surface area contributed by atoms with E-state index in [2.05, 4.69) is 26.6 Å². The molecule has 0 saturated carbocycles. The first-order valence-corrected chi connectivity index (χ1v) is 10.9. The highest BCUT2D eigenvalue weighted by molar-refractivity contribution is 9.10. The maximum Gasteiger partial charge on any atom is 0.344 e. The number of amides is 2. The van der Waals surface area contributed by atoms with E-state index in [0.717, 1.165) is 0 Å². The van der Waals surface area contributed by atoms with Crippen molar-refractivity contribution in [3.05, 3.63) is 69.7 Å². The molecule has 1 aliphatic heterocycles. The van der Waals surface area contributed by atoms with E-state index < -0.39 is 24.0 Å². The molecule has 9 heteroatoms. The van der Waals surface area contributed by atoms with Crippen molar-refractivity contribution >= 4 is 39.6 Å². The summed E-state index contributed by atoms with van der Waals surface area (Å²) in [6, 6.07) is 12.8. The standard InChI is InChI=1S/C23H23BrN2O6/c1-3-30-18(27)13-32-17-11-10-15(24)12-16(17)21-19(22(28)31-4-2)20(25-23(29)26-21)14-8-6-5-7-9-14/h5-12,21H,3-4,13H2,1-2H3,(H2,25,26,29). The molecule has 1 atom stereocenters. The van der Waals surface area contributed by atoms with Gasteiger partial charge in [0.1, 0.15) is 5.75 Å². The first-order chi connectivity index (χ1) is 15.4. The van der Waals surface area contributed by atoms with Crippen LogP contribution < -0.4 is 15.4 Å². The molecule has 1 heterocycles. The zero-order valence-corrected chi connectivity index (χ0v) is 19.2. The second-order valence-corrected chi connectivity index (χ2v) is 7.60. The normalized spacial score (nSPS) is 15.5. The number of hydrogen-bond acceptors (Lipinski definition) is 6. The van der Waals surface area contributed by atoms with Gasteiger partial charge in [-0.1, -0.05) is 46.3 Å². The number of benzene rings is 2. The molecule has 0 saturated heterocycles. The number of esters is 2. The van der Waals surface area contributed by atoms with E-state index in [-0.39, 0.29) is 25.4 Å². The van der Waals surface area contributed by atoms with Crippen LogP contribution in [0.2, 0.25) is 0 Å². The van der Waals surface area contributed by atoms with E-state index in [1.165, 1.54) is 0 Å². The summed E-state index contributed by atoms with van der Waals surface area (Å²) in [6.07, 6.45) is 0. The molecule has 0 spiro atoms. The Morgan fingerprint density at radius 2 is 1.75 bits per heavy atom. The van der Waals surface area contributed by atoms with Crippen molar-refractivity contribution in [3.8, 4) is 5.75 Å². The molecule has 168 valence electrons. The minimum atomic E-state index is -0.882. The molecule has 2 aromatic carbocycles. The molecule has 0 radical (unpaired) electrons. The summed E-state index contributed by atoms with van der Waals surface area (Å²) in [5, 5.41) is 5.50. The lowest BCUT2D eigenvalue weighted by molar-refractivity contribution is -0.145. The molecule has 0 fully saturated rings. The molecule has 2 amide bonds. The predicted octanol–water partition coefficient (Wildman–Crippen LogP) is 3.72. The first kappa shape index (κ1) is 23.3. The fraction of sp³-hybridized carbons (Fsp3) is 0.261. The van der Waals surface area contributed by atoms with Crippen LogP contribution in [0.25, 0.3) is 5.70 Å². The van der Waals surface area contributed by atoms with Crippen LogP contribution in [-0.4, -0.2) is 37.8 Å². The SMILES string of the molecule is CCOC(=O)COc1ccc(Br)cc1C1NC(=O)NC(c2ccccc2)=C1C(=O)OCC. The van der Waals surface area contributed by atoms with E-state index in [1.807, 2.05) is 6.07 Å². The Balaban J connectivity index is 2.12. The van der Waals surface area contributed by atoms with Crippen molar-refractivity contribution in [1.82, 2.24) is 10.6 Å². The van der Waals surface area contributed by atoms with Crippen LogP contribution in [0.15, 0.2) is 58.6 Å². The predicted molar refractivity (Wildman–Crippen MR) is 121 cm³/mol. The monoisotopic (exact) mass is 502 g/mol. The summed E-state index contributed by atoms with van der Waals surface area (Å²) in [7, 11) is 0. The Morgan fingerprint density at radius 1 is 1.03 bits per heavy atom. The van der Waals surface area contributed by atoms with Gasteiger partial charge in [0.25, 0.3) is 0 Å². The van der Waals surface area contributed by atoms with Gasteiger partial charge >= 0.3 is 18.0 Å². The lowest BCUT2D eigenvalue weighted by atomic mass is 9.92. The Morgan fingerprint density at radius 3 is 2.44 bits per heavy atom. The molecule has 1 unspecified atom stereocenters. The summed E-state index contributed by atoms with van der Waals surface area (Å²) in [5.41, 5.74) is 1.69. The molecule has 8 nitrogen and oxygen atoms in total.